The van der Waals surface area contributed by atoms with Gasteiger partial charge in [-0.25, -0.2) is 4.98 Å². The molecule has 0 fully saturated rings. The number of hydrogen-bond donors (Lipinski definition) is 0. The Balaban J connectivity index is 1.12. The molecule has 0 aliphatic carbocycles. The SMILES string of the molecule is CCn1c(-c2c3ccccc3c(-c3ccc(-c4cccc5c6cccc7ccc8cccc(c9ccccc9c45)c8c76)cc3)c3ccccc23)nc2ccccc21. The minimum absolute atomic E-state index is 0.840. The van der Waals surface area contributed by atoms with Crippen molar-refractivity contribution >= 4 is 86.4 Å². The monoisotopic (exact) mass is 724 g/mol. The average Bonchev–Trinajstić information content (AvgIpc) is 3.65. The van der Waals surface area contributed by atoms with Crippen LogP contribution in [0.5, 0.6) is 0 Å². The molecule has 57 heavy (non-hydrogen) atoms. The van der Waals surface area contributed by atoms with Crippen molar-refractivity contribution in [1.29, 1.82) is 0 Å². The molecular weight excluding hydrogens is 689 g/mol. The summed E-state index contributed by atoms with van der Waals surface area (Å²) in [5.74, 6) is 1.02. The van der Waals surface area contributed by atoms with Gasteiger partial charge in [0.15, 0.2) is 0 Å². The lowest BCUT2D eigenvalue weighted by Gasteiger charge is -2.18. The number of para-hydroxylation sites is 2. The zero-order chi connectivity index (χ0) is 37.6. The second kappa shape index (κ2) is 12.4. The highest BCUT2D eigenvalue weighted by molar-refractivity contribution is 6.34. The first-order valence-corrected chi connectivity index (χ1v) is 19.9. The summed E-state index contributed by atoms with van der Waals surface area (Å²) in [5.41, 5.74) is 8.26. The normalized spacial score (nSPS) is 12.0. The summed E-state index contributed by atoms with van der Waals surface area (Å²) in [5, 5.41) is 17.7. The molecule has 0 atom stereocenters. The van der Waals surface area contributed by atoms with Gasteiger partial charge in [0.2, 0.25) is 0 Å². The van der Waals surface area contributed by atoms with Crippen molar-refractivity contribution in [2.24, 2.45) is 0 Å². The number of hydrogen-bond acceptors (Lipinski definition) is 1. The highest BCUT2D eigenvalue weighted by Gasteiger charge is 2.21. The lowest BCUT2D eigenvalue weighted by Crippen LogP contribution is -1.99. The third-order valence-electron chi connectivity index (χ3n) is 12.3. The van der Waals surface area contributed by atoms with Crippen LogP contribution in [-0.2, 0) is 6.54 Å². The van der Waals surface area contributed by atoms with Crippen LogP contribution in [0, 0.1) is 0 Å². The second-order valence-electron chi connectivity index (χ2n) is 15.2. The van der Waals surface area contributed by atoms with Gasteiger partial charge in [0, 0.05) is 12.1 Å². The Morgan fingerprint density at radius 3 is 1.46 bits per heavy atom. The summed E-state index contributed by atoms with van der Waals surface area (Å²) in [6.45, 7) is 3.05. The first-order chi connectivity index (χ1) is 28.3. The van der Waals surface area contributed by atoms with Crippen LogP contribution in [0.3, 0.4) is 0 Å². The molecule has 0 unspecified atom stereocenters. The maximum atomic E-state index is 5.26. The van der Waals surface area contributed by atoms with E-state index in [1.807, 2.05) is 0 Å². The Morgan fingerprint density at radius 1 is 0.368 bits per heavy atom. The van der Waals surface area contributed by atoms with E-state index in [0.717, 1.165) is 23.4 Å². The standard InChI is InChI=1S/C55H36N2/c1-2-57-49-27-10-9-26-48(49)56-55(57)54-46-20-7-5-18-42(46)50(43-19-6-8-21-47(43)54)37-30-28-34(29-31-37)38-22-13-25-45-44-24-12-15-36-33-32-35-14-11-23-40(51(35)52(36)44)39-16-3-4-17-41(39)53(38)45/h3-33H,2H2,1H3. The molecule has 11 aromatic carbocycles. The minimum Gasteiger partial charge on any atom is -0.324 e. The number of nitrogens with zero attached hydrogens (tertiary/aromatic N) is 2. The summed E-state index contributed by atoms with van der Waals surface area (Å²) in [7, 11) is 0. The average molecular weight is 725 g/mol. The van der Waals surface area contributed by atoms with Crippen LogP contribution in [0.4, 0.5) is 0 Å². The Kier molecular flexibility index (Phi) is 6.94. The van der Waals surface area contributed by atoms with E-state index < -0.39 is 0 Å². The Morgan fingerprint density at radius 2 is 0.825 bits per heavy atom. The second-order valence-corrected chi connectivity index (χ2v) is 15.2. The fourth-order valence-electron chi connectivity index (χ4n) is 9.93. The maximum Gasteiger partial charge on any atom is 0.142 e. The lowest BCUT2D eigenvalue weighted by atomic mass is 9.86. The van der Waals surface area contributed by atoms with Gasteiger partial charge in [-0.1, -0.05) is 176 Å². The molecule has 0 saturated carbocycles. The van der Waals surface area contributed by atoms with Crippen molar-refractivity contribution in [2.75, 3.05) is 0 Å². The topological polar surface area (TPSA) is 17.8 Å². The van der Waals surface area contributed by atoms with Gasteiger partial charge in [-0.05, 0) is 117 Å². The first-order valence-electron chi connectivity index (χ1n) is 19.9. The molecule has 0 saturated heterocycles. The molecule has 0 aliphatic rings. The molecule has 1 heterocycles. The number of benzene rings is 10. The number of rotatable bonds is 4. The van der Waals surface area contributed by atoms with Gasteiger partial charge in [0.25, 0.3) is 0 Å². The maximum absolute atomic E-state index is 5.26. The van der Waals surface area contributed by atoms with Crippen LogP contribution < -0.4 is 0 Å². The van der Waals surface area contributed by atoms with Gasteiger partial charge < -0.3 is 4.57 Å². The van der Waals surface area contributed by atoms with Crippen LogP contribution >= 0.6 is 0 Å². The van der Waals surface area contributed by atoms with Crippen LogP contribution in [0.15, 0.2) is 188 Å². The summed E-state index contributed by atoms with van der Waals surface area (Å²) in [4.78, 5) is 5.26. The van der Waals surface area contributed by atoms with E-state index in [2.05, 4.69) is 200 Å². The molecule has 12 aromatic rings. The van der Waals surface area contributed by atoms with Gasteiger partial charge in [0.05, 0.1) is 11.0 Å². The van der Waals surface area contributed by atoms with E-state index in [9.17, 15) is 0 Å². The molecule has 0 aliphatic heterocycles. The highest BCUT2D eigenvalue weighted by atomic mass is 15.1. The molecule has 2 nitrogen and oxygen atoms in total. The zero-order valence-corrected chi connectivity index (χ0v) is 31.5. The van der Waals surface area contributed by atoms with Crippen LogP contribution in [0.25, 0.3) is 120 Å². The van der Waals surface area contributed by atoms with Crippen LogP contribution in [0.2, 0.25) is 0 Å². The Bertz CT molecular complexity index is 3550. The smallest absolute Gasteiger partial charge is 0.142 e. The van der Waals surface area contributed by atoms with E-state index in [1.54, 1.807) is 0 Å². The van der Waals surface area contributed by atoms with Crippen LogP contribution in [-0.4, -0.2) is 9.55 Å². The predicted molar refractivity (Wildman–Crippen MR) is 244 cm³/mol. The zero-order valence-electron chi connectivity index (χ0n) is 31.5. The van der Waals surface area contributed by atoms with E-state index in [0.29, 0.717) is 0 Å². The van der Waals surface area contributed by atoms with Crippen LogP contribution in [0.1, 0.15) is 6.92 Å². The number of aromatic nitrogens is 2. The van der Waals surface area contributed by atoms with Crippen molar-refractivity contribution in [1.82, 2.24) is 9.55 Å². The van der Waals surface area contributed by atoms with Gasteiger partial charge in [-0.2, -0.15) is 0 Å². The van der Waals surface area contributed by atoms with Gasteiger partial charge in [0.1, 0.15) is 5.82 Å². The molecule has 2 heteroatoms. The molecule has 0 spiro atoms. The van der Waals surface area contributed by atoms with Crippen molar-refractivity contribution in [3.63, 3.8) is 0 Å². The molecule has 266 valence electrons. The fourth-order valence-corrected chi connectivity index (χ4v) is 9.93. The third-order valence-corrected chi connectivity index (χ3v) is 12.3. The molecule has 0 N–H and O–H groups in total. The molecule has 0 amide bonds. The summed E-state index contributed by atoms with van der Waals surface area (Å²) < 4.78 is 2.36. The Hall–Kier alpha value is -7.29. The molecule has 0 bridgehead atoms. The first kappa shape index (κ1) is 32.0. The molecule has 12 rings (SSSR count). The van der Waals surface area contributed by atoms with Crippen molar-refractivity contribution in [3.05, 3.63) is 188 Å². The number of fused-ring (bicyclic) bond motifs is 8. The largest absolute Gasteiger partial charge is 0.324 e. The van der Waals surface area contributed by atoms with Crippen molar-refractivity contribution in [2.45, 2.75) is 13.5 Å². The fraction of sp³-hybridized carbons (Fsp3) is 0.0364. The van der Waals surface area contributed by atoms with E-state index >= 15 is 0 Å². The van der Waals surface area contributed by atoms with E-state index in [4.69, 9.17) is 4.98 Å². The summed E-state index contributed by atoms with van der Waals surface area (Å²) in [6.07, 6.45) is 0. The van der Waals surface area contributed by atoms with Gasteiger partial charge in [-0.15, -0.1) is 0 Å². The minimum atomic E-state index is 0.840. The third kappa shape index (κ3) is 4.62. The van der Waals surface area contributed by atoms with Crippen molar-refractivity contribution < 1.29 is 0 Å². The summed E-state index contributed by atoms with van der Waals surface area (Å²) >= 11 is 0. The molecule has 1 aromatic heterocycles. The van der Waals surface area contributed by atoms with E-state index in [-0.39, 0.29) is 0 Å². The quantitative estimate of drug-likeness (QED) is 0.131. The predicted octanol–water partition coefficient (Wildman–Crippen LogP) is 15.1. The highest BCUT2D eigenvalue weighted by Crippen LogP contribution is 2.46. The number of imidazole rings is 1. The van der Waals surface area contributed by atoms with Crippen molar-refractivity contribution in [3.8, 4) is 33.6 Å². The lowest BCUT2D eigenvalue weighted by molar-refractivity contribution is 0.798. The molecular formula is C55H36N2. The van der Waals surface area contributed by atoms with E-state index in [1.165, 1.54) is 103 Å². The Labute approximate surface area is 329 Å². The number of aryl methyl sites for hydroxylation is 1. The molecule has 0 radical (unpaired) electrons. The summed E-state index contributed by atoms with van der Waals surface area (Å²) in [6, 6.07) is 69.5. The van der Waals surface area contributed by atoms with Gasteiger partial charge in [-0.3, -0.25) is 0 Å². The van der Waals surface area contributed by atoms with Gasteiger partial charge >= 0.3 is 0 Å².